The monoisotopic (exact) mass is 632 g/mol. The van der Waals surface area contributed by atoms with Crippen LogP contribution < -0.4 is 0 Å². The highest BCUT2D eigenvalue weighted by Crippen LogP contribution is 2.35. The largest absolute Gasteiger partial charge is 0.347 e. The van der Waals surface area contributed by atoms with Gasteiger partial charge in [-0.1, -0.05) is 154 Å². The molecule has 0 aromatic heterocycles. The summed E-state index contributed by atoms with van der Waals surface area (Å²) < 4.78 is 13.1. The number of hydrogen-bond acceptors (Lipinski definition) is 3. The first-order valence-electron chi connectivity index (χ1n) is 20.4. The first-order valence-corrected chi connectivity index (χ1v) is 20.4. The Bertz CT molecular complexity index is 615. The van der Waals surface area contributed by atoms with E-state index in [1.165, 1.54) is 180 Å². The van der Waals surface area contributed by atoms with Crippen LogP contribution in [0.4, 0.5) is 0 Å². The van der Waals surface area contributed by atoms with Gasteiger partial charge in [-0.05, 0) is 78.3 Å². The van der Waals surface area contributed by atoms with E-state index >= 15 is 0 Å². The molecule has 1 saturated heterocycles. The number of allylic oxidation sites excluding steroid dienone is 4. The lowest BCUT2D eigenvalue weighted by Gasteiger charge is -2.29. The minimum absolute atomic E-state index is 0.225. The minimum Gasteiger partial charge on any atom is -0.347 e. The van der Waals surface area contributed by atoms with Crippen LogP contribution in [-0.4, -0.2) is 44.0 Å². The molecular weight excluding hydrogens is 550 g/mol. The van der Waals surface area contributed by atoms with E-state index in [1.54, 1.807) is 0 Å². The quantitative estimate of drug-likeness (QED) is 0.0521. The molecule has 0 bridgehead atoms. The third-order valence-electron chi connectivity index (χ3n) is 9.62. The van der Waals surface area contributed by atoms with Crippen molar-refractivity contribution in [2.45, 2.75) is 218 Å². The maximum absolute atomic E-state index is 6.63. The highest BCUT2D eigenvalue weighted by Gasteiger charge is 2.40. The fourth-order valence-corrected chi connectivity index (χ4v) is 6.78. The normalized spacial score (nSPS) is 16.7. The maximum Gasteiger partial charge on any atom is 0.168 e. The summed E-state index contributed by atoms with van der Waals surface area (Å²) in [6, 6.07) is 0. The van der Waals surface area contributed by atoms with Crippen molar-refractivity contribution in [3.05, 3.63) is 24.3 Å². The molecule has 266 valence electrons. The zero-order valence-corrected chi connectivity index (χ0v) is 31.3. The van der Waals surface area contributed by atoms with Crippen molar-refractivity contribution in [3.63, 3.8) is 0 Å². The van der Waals surface area contributed by atoms with Gasteiger partial charge in [0.05, 0.1) is 12.7 Å². The lowest BCUT2D eigenvalue weighted by molar-refractivity contribution is -0.180. The number of hydrogen-bond donors (Lipinski definition) is 0. The predicted molar refractivity (Wildman–Crippen MR) is 200 cm³/mol. The highest BCUT2D eigenvalue weighted by atomic mass is 16.7. The molecule has 1 heterocycles. The van der Waals surface area contributed by atoms with E-state index in [2.05, 4.69) is 57.1 Å². The van der Waals surface area contributed by atoms with Gasteiger partial charge < -0.3 is 14.4 Å². The Kier molecular flexibility index (Phi) is 30.1. The zero-order chi connectivity index (χ0) is 32.5. The number of nitrogens with zero attached hydrogens (tertiary/aromatic N) is 1. The first-order chi connectivity index (χ1) is 22.1. The van der Waals surface area contributed by atoms with Crippen molar-refractivity contribution < 1.29 is 9.47 Å². The molecule has 1 rings (SSSR count). The molecule has 1 unspecified atom stereocenters. The summed E-state index contributed by atoms with van der Waals surface area (Å²) in [6.45, 7) is 6.31. The topological polar surface area (TPSA) is 21.7 Å². The van der Waals surface area contributed by atoms with Gasteiger partial charge in [0.2, 0.25) is 0 Å². The third-order valence-corrected chi connectivity index (χ3v) is 9.62. The Labute approximate surface area is 283 Å². The number of likely N-dealkylation sites (N-methyl/N-ethyl adjacent to an activating group) is 1. The lowest BCUT2D eigenvalue weighted by Crippen LogP contribution is -2.33. The average Bonchev–Trinajstić information content (AvgIpc) is 3.42. The summed E-state index contributed by atoms with van der Waals surface area (Å²) in [5.74, 6) is -0.317. The molecule has 0 N–H and O–H groups in total. The number of unbranched alkanes of at least 4 members (excludes halogenated alkanes) is 24. The van der Waals surface area contributed by atoms with Crippen molar-refractivity contribution in [3.8, 4) is 0 Å². The van der Waals surface area contributed by atoms with E-state index < -0.39 is 0 Å². The van der Waals surface area contributed by atoms with Gasteiger partial charge in [0.15, 0.2) is 5.79 Å². The Balaban J connectivity index is 2.09. The average molecular weight is 632 g/mol. The van der Waals surface area contributed by atoms with Crippen LogP contribution in [0.25, 0.3) is 0 Å². The van der Waals surface area contributed by atoms with E-state index in [9.17, 15) is 0 Å². The Hall–Kier alpha value is -0.640. The number of rotatable bonds is 34. The standard InChI is InChI=1S/C42H81NO2/c1-5-7-9-11-13-15-17-19-21-23-25-27-29-31-33-35-37-42(44-40-41(45-42)39-43(3)4)38-36-34-32-30-28-26-24-22-20-18-16-14-12-10-8-6-2/h19-22,41H,5-18,23-40H2,1-4H3/b21-19-,22-20-. The van der Waals surface area contributed by atoms with Crippen LogP contribution in [0.1, 0.15) is 206 Å². The summed E-state index contributed by atoms with van der Waals surface area (Å²) in [4.78, 5) is 2.23. The van der Waals surface area contributed by atoms with Crippen molar-refractivity contribution in [2.75, 3.05) is 27.2 Å². The van der Waals surface area contributed by atoms with Crippen molar-refractivity contribution >= 4 is 0 Å². The van der Waals surface area contributed by atoms with Gasteiger partial charge in [-0.3, -0.25) is 0 Å². The van der Waals surface area contributed by atoms with Gasteiger partial charge in [-0.25, -0.2) is 0 Å². The summed E-state index contributed by atoms with van der Waals surface area (Å²) in [5, 5.41) is 0. The molecule has 3 heteroatoms. The van der Waals surface area contributed by atoms with Crippen LogP contribution >= 0.6 is 0 Å². The molecule has 3 nitrogen and oxygen atoms in total. The molecule has 1 aliphatic rings. The zero-order valence-electron chi connectivity index (χ0n) is 31.3. The predicted octanol–water partition coefficient (Wildman–Crippen LogP) is 13.5. The molecule has 45 heavy (non-hydrogen) atoms. The van der Waals surface area contributed by atoms with E-state index in [0.717, 1.165) is 26.0 Å². The first kappa shape index (κ1) is 42.4. The molecule has 1 aliphatic heterocycles. The molecule has 0 saturated carbocycles. The van der Waals surface area contributed by atoms with Crippen LogP contribution in [0.2, 0.25) is 0 Å². The molecule has 0 amide bonds. The van der Waals surface area contributed by atoms with Crippen molar-refractivity contribution in [1.29, 1.82) is 0 Å². The summed E-state index contributed by atoms with van der Waals surface area (Å²) in [7, 11) is 4.28. The van der Waals surface area contributed by atoms with Gasteiger partial charge in [0, 0.05) is 19.4 Å². The second-order valence-electron chi connectivity index (χ2n) is 14.6. The molecule has 0 aliphatic carbocycles. The van der Waals surface area contributed by atoms with Crippen molar-refractivity contribution in [1.82, 2.24) is 4.90 Å². The molecule has 0 aromatic carbocycles. The summed E-state index contributed by atoms with van der Waals surface area (Å²) >= 11 is 0. The van der Waals surface area contributed by atoms with Gasteiger partial charge >= 0.3 is 0 Å². The molecule has 1 atom stereocenters. The fourth-order valence-electron chi connectivity index (χ4n) is 6.78. The maximum atomic E-state index is 6.63. The summed E-state index contributed by atoms with van der Waals surface area (Å²) in [5.41, 5.74) is 0. The van der Waals surface area contributed by atoms with Gasteiger partial charge in [-0.2, -0.15) is 0 Å². The van der Waals surface area contributed by atoms with E-state index in [1.807, 2.05) is 0 Å². The SMILES string of the molecule is CCCCCCCC/C=C\CCCCCCCCC1(CCCCCCCC/C=C\CCCCCCCC)OCC(CN(C)C)O1. The minimum atomic E-state index is -0.317. The molecule has 0 aromatic rings. The second-order valence-corrected chi connectivity index (χ2v) is 14.6. The van der Waals surface area contributed by atoms with Gasteiger partial charge in [-0.15, -0.1) is 0 Å². The lowest BCUT2D eigenvalue weighted by atomic mass is 9.98. The van der Waals surface area contributed by atoms with Crippen LogP contribution in [0.5, 0.6) is 0 Å². The van der Waals surface area contributed by atoms with Gasteiger partial charge in [0.1, 0.15) is 0 Å². The smallest absolute Gasteiger partial charge is 0.168 e. The Morgan fingerprint density at radius 1 is 0.489 bits per heavy atom. The Morgan fingerprint density at radius 3 is 1.18 bits per heavy atom. The molecular formula is C42H81NO2. The van der Waals surface area contributed by atoms with E-state index in [-0.39, 0.29) is 11.9 Å². The third kappa shape index (κ3) is 27.1. The van der Waals surface area contributed by atoms with E-state index in [0.29, 0.717) is 0 Å². The van der Waals surface area contributed by atoms with Crippen LogP contribution in [0, 0.1) is 0 Å². The highest BCUT2D eigenvalue weighted by molar-refractivity contribution is 4.83. The van der Waals surface area contributed by atoms with Gasteiger partial charge in [0.25, 0.3) is 0 Å². The molecule has 1 fully saturated rings. The summed E-state index contributed by atoms with van der Waals surface area (Å²) in [6.07, 6.45) is 50.0. The van der Waals surface area contributed by atoms with Crippen LogP contribution in [0.15, 0.2) is 24.3 Å². The van der Waals surface area contributed by atoms with Crippen LogP contribution in [-0.2, 0) is 9.47 Å². The van der Waals surface area contributed by atoms with E-state index in [4.69, 9.17) is 9.47 Å². The Morgan fingerprint density at radius 2 is 0.822 bits per heavy atom. The van der Waals surface area contributed by atoms with Crippen LogP contribution in [0.3, 0.4) is 0 Å². The number of ether oxygens (including phenoxy) is 2. The molecule has 0 spiro atoms. The second kappa shape index (κ2) is 31.9. The van der Waals surface area contributed by atoms with Crippen molar-refractivity contribution in [2.24, 2.45) is 0 Å². The molecule has 0 radical (unpaired) electrons. The fraction of sp³-hybridized carbons (Fsp3) is 0.905.